The molecule has 1 rings (SSSR count). The van der Waals surface area contributed by atoms with E-state index in [2.05, 4.69) is 0 Å². The zero-order chi connectivity index (χ0) is 12.0. The van der Waals surface area contributed by atoms with E-state index in [0.29, 0.717) is 19.6 Å². The van der Waals surface area contributed by atoms with Crippen molar-refractivity contribution >= 4 is 11.9 Å². The molecule has 0 amide bonds. The molecule has 2 unspecified atom stereocenters. The Balaban J connectivity index is 2.46. The first-order valence-electron chi connectivity index (χ1n) is 6.02. The Morgan fingerprint density at radius 1 is 1.00 bits per heavy atom. The minimum atomic E-state index is -0.170. The molecule has 0 aromatic carbocycles. The van der Waals surface area contributed by atoms with Gasteiger partial charge in [-0.2, -0.15) is 0 Å². The van der Waals surface area contributed by atoms with Crippen molar-refractivity contribution in [1.82, 2.24) is 0 Å². The summed E-state index contributed by atoms with van der Waals surface area (Å²) >= 11 is 0. The van der Waals surface area contributed by atoms with Crippen LogP contribution in [0.25, 0.3) is 0 Å². The Morgan fingerprint density at radius 2 is 1.44 bits per heavy atom. The predicted octanol–water partition coefficient (Wildman–Crippen LogP) is 1.92. The number of hydrogen-bond acceptors (Lipinski definition) is 4. The van der Waals surface area contributed by atoms with Gasteiger partial charge in [-0.25, -0.2) is 0 Å². The van der Waals surface area contributed by atoms with E-state index in [0.717, 1.165) is 19.3 Å². The highest BCUT2D eigenvalue weighted by Crippen LogP contribution is 2.30. The van der Waals surface area contributed by atoms with Crippen LogP contribution in [0.3, 0.4) is 0 Å². The minimum absolute atomic E-state index is 0.122. The quantitative estimate of drug-likeness (QED) is 0.690. The third-order valence-corrected chi connectivity index (χ3v) is 2.91. The first-order chi connectivity index (χ1) is 7.69. The second-order valence-electron chi connectivity index (χ2n) is 4.06. The smallest absolute Gasteiger partial charge is 0.308 e. The maximum absolute atomic E-state index is 11.5. The van der Waals surface area contributed by atoms with Crippen molar-refractivity contribution in [2.45, 2.75) is 39.5 Å². The second-order valence-corrected chi connectivity index (χ2v) is 4.06. The highest BCUT2D eigenvalue weighted by molar-refractivity contribution is 5.76. The Bertz CT molecular complexity index is 225. The molecule has 0 N–H and O–H groups in total. The van der Waals surface area contributed by atoms with Gasteiger partial charge in [0.05, 0.1) is 25.0 Å². The van der Waals surface area contributed by atoms with E-state index in [9.17, 15) is 9.59 Å². The van der Waals surface area contributed by atoms with Gasteiger partial charge in [-0.05, 0) is 33.1 Å². The molecule has 0 saturated heterocycles. The third-order valence-electron chi connectivity index (χ3n) is 2.91. The summed E-state index contributed by atoms with van der Waals surface area (Å²) in [7, 11) is 0. The van der Waals surface area contributed by atoms with Crippen LogP contribution in [0.1, 0.15) is 39.5 Å². The van der Waals surface area contributed by atoms with Gasteiger partial charge in [0.25, 0.3) is 0 Å². The van der Waals surface area contributed by atoms with Crippen molar-refractivity contribution < 1.29 is 19.1 Å². The Hall–Kier alpha value is -1.06. The summed E-state index contributed by atoms with van der Waals surface area (Å²) in [6.07, 6.45) is 3.13. The van der Waals surface area contributed by atoms with Gasteiger partial charge < -0.3 is 9.47 Å². The molecule has 4 heteroatoms. The van der Waals surface area contributed by atoms with Crippen LogP contribution in [0.5, 0.6) is 0 Å². The van der Waals surface area contributed by atoms with Gasteiger partial charge in [0.15, 0.2) is 0 Å². The molecule has 0 aromatic rings. The molecule has 1 aliphatic carbocycles. The monoisotopic (exact) mass is 228 g/mol. The zero-order valence-electron chi connectivity index (χ0n) is 10.0. The molecule has 0 spiro atoms. The summed E-state index contributed by atoms with van der Waals surface area (Å²) in [4.78, 5) is 23.1. The van der Waals surface area contributed by atoms with Crippen LogP contribution in [0, 0.1) is 11.8 Å². The first kappa shape index (κ1) is 13.0. The third kappa shape index (κ3) is 3.51. The van der Waals surface area contributed by atoms with Crippen molar-refractivity contribution in [1.29, 1.82) is 0 Å². The van der Waals surface area contributed by atoms with Crippen LogP contribution in [-0.2, 0) is 19.1 Å². The summed E-state index contributed by atoms with van der Waals surface area (Å²) in [5.41, 5.74) is 0. The SMILES string of the molecule is CCOC(=O)C1CCCC(C(=O)OCC)C1. The fourth-order valence-corrected chi connectivity index (χ4v) is 2.14. The van der Waals surface area contributed by atoms with Gasteiger partial charge in [0, 0.05) is 0 Å². The van der Waals surface area contributed by atoms with E-state index in [1.165, 1.54) is 0 Å². The number of ether oxygens (including phenoxy) is 2. The van der Waals surface area contributed by atoms with Crippen molar-refractivity contribution in [2.24, 2.45) is 11.8 Å². The van der Waals surface area contributed by atoms with Gasteiger partial charge in [0.2, 0.25) is 0 Å². The lowest BCUT2D eigenvalue weighted by molar-refractivity contribution is -0.154. The zero-order valence-corrected chi connectivity index (χ0v) is 10.0. The molecule has 0 aromatic heterocycles. The van der Waals surface area contributed by atoms with E-state index in [4.69, 9.17) is 9.47 Å². The van der Waals surface area contributed by atoms with Gasteiger partial charge in [-0.3, -0.25) is 9.59 Å². The van der Waals surface area contributed by atoms with Crippen LogP contribution in [-0.4, -0.2) is 25.2 Å². The molecular formula is C12H20O4. The molecular weight excluding hydrogens is 208 g/mol. The molecule has 0 aliphatic heterocycles. The Kier molecular flexibility index (Phi) is 5.29. The average Bonchev–Trinajstić information content (AvgIpc) is 2.30. The largest absolute Gasteiger partial charge is 0.466 e. The van der Waals surface area contributed by atoms with E-state index in [-0.39, 0.29) is 23.8 Å². The van der Waals surface area contributed by atoms with Crippen molar-refractivity contribution in [3.05, 3.63) is 0 Å². The molecule has 0 bridgehead atoms. The summed E-state index contributed by atoms with van der Waals surface area (Å²) < 4.78 is 9.96. The lowest BCUT2D eigenvalue weighted by Gasteiger charge is -2.26. The maximum atomic E-state index is 11.5. The number of carbonyl (C=O) groups is 2. The molecule has 0 radical (unpaired) electrons. The van der Waals surface area contributed by atoms with Crippen LogP contribution in [0.4, 0.5) is 0 Å². The summed E-state index contributed by atoms with van der Waals surface area (Å²) in [6.45, 7) is 4.39. The van der Waals surface area contributed by atoms with Crippen LogP contribution in [0.15, 0.2) is 0 Å². The highest BCUT2D eigenvalue weighted by atomic mass is 16.5. The number of carbonyl (C=O) groups excluding carboxylic acids is 2. The van der Waals surface area contributed by atoms with E-state index >= 15 is 0 Å². The average molecular weight is 228 g/mol. The van der Waals surface area contributed by atoms with Gasteiger partial charge in [-0.15, -0.1) is 0 Å². The molecule has 1 fully saturated rings. The van der Waals surface area contributed by atoms with Crippen LogP contribution < -0.4 is 0 Å². The number of rotatable bonds is 4. The molecule has 1 saturated carbocycles. The molecule has 0 heterocycles. The number of hydrogen-bond donors (Lipinski definition) is 0. The highest BCUT2D eigenvalue weighted by Gasteiger charge is 2.32. The Morgan fingerprint density at radius 3 is 1.81 bits per heavy atom. The van der Waals surface area contributed by atoms with Crippen molar-refractivity contribution in [2.75, 3.05) is 13.2 Å². The lowest BCUT2D eigenvalue weighted by Crippen LogP contribution is -2.29. The number of esters is 2. The van der Waals surface area contributed by atoms with E-state index < -0.39 is 0 Å². The normalized spacial score (nSPS) is 24.9. The van der Waals surface area contributed by atoms with Crippen LogP contribution >= 0.6 is 0 Å². The fourth-order valence-electron chi connectivity index (χ4n) is 2.14. The summed E-state index contributed by atoms with van der Waals surface area (Å²) in [5, 5.41) is 0. The van der Waals surface area contributed by atoms with Gasteiger partial charge in [0.1, 0.15) is 0 Å². The lowest BCUT2D eigenvalue weighted by atomic mass is 9.81. The first-order valence-corrected chi connectivity index (χ1v) is 6.02. The molecule has 4 nitrogen and oxygen atoms in total. The van der Waals surface area contributed by atoms with E-state index in [1.807, 2.05) is 0 Å². The fraction of sp³-hybridized carbons (Fsp3) is 0.833. The molecule has 16 heavy (non-hydrogen) atoms. The summed E-state index contributed by atoms with van der Waals surface area (Å²) in [5.74, 6) is -0.584. The predicted molar refractivity (Wildman–Crippen MR) is 58.7 cm³/mol. The van der Waals surface area contributed by atoms with Crippen LogP contribution in [0.2, 0.25) is 0 Å². The van der Waals surface area contributed by atoms with Crippen molar-refractivity contribution in [3.63, 3.8) is 0 Å². The molecule has 1 aliphatic rings. The minimum Gasteiger partial charge on any atom is -0.466 e. The molecule has 2 atom stereocenters. The topological polar surface area (TPSA) is 52.6 Å². The standard InChI is InChI=1S/C12H20O4/c1-3-15-11(13)9-6-5-7-10(8-9)12(14)16-4-2/h9-10H,3-8H2,1-2H3. The molecule has 92 valence electrons. The van der Waals surface area contributed by atoms with Gasteiger partial charge in [-0.1, -0.05) is 6.42 Å². The maximum Gasteiger partial charge on any atom is 0.308 e. The van der Waals surface area contributed by atoms with E-state index in [1.54, 1.807) is 13.8 Å². The Labute approximate surface area is 96.3 Å². The summed E-state index contributed by atoms with van der Waals surface area (Å²) in [6, 6.07) is 0. The second kappa shape index (κ2) is 6.51. The van der Waals surface area contributed by atoms with Gasteiger partial charge >= 0.3 is 11.9 Å². The van der Waals surface area contributed by atoms with Crippen molar-refractivity contribution in [3.8, 4) is 0 Å².